The van der Waals surface area contributed by atoms with Crippen LogP contribution in [0.25, 0.3) is 0 Å². The van der Waals surface area contributed by atoms with E-state index in [1.165, 1.54) is 0 Å². The Labute approximate surface area is 101 Å². The van der Waals surface area contributed by atoms with E-state index in [1.54, 1.807) is 18.7 Å². The molecule has 0 saturated heterocycles. The molecule has 0 fully saturated rings. The number of nitrogens with one attached hydrogen (secondary N) is 2. The monoisotopic (exact) mass is 235 g/mol. The van der Waals surface area contributed by atoms with Crippen LogP contribution < -0.4 is 10.6 Å². The zero-order valence-corrected chi connectivity index (χ0v) is 10.4. The molecule has 6 heteroatoms. The molecule has 1 rings (SSSR count). The van der Waals surface area contributed by atoms with Gasteiger partial charge in [0.1, 0.15) is 17.5 Å². The van der Waals surface area contributed by atoms with Crippen molar-refractivity contribution in [1.82, 2.24) is 15.1 Å². The predicted octanol–water partition coefficient (Wildman–Crippen LogP) is 0.538. The fraction of sp³-hybridized carbons (Fsp3) is 0.545. The van der Waals surface area contributed by atoms with E-state index in [9.17, 15) is 4.79 Å². The Bertz CT molecular complexity index is 443. The van der Waals surface area contributed by atoms with Gasteiger partial charge in [0.05, 0.1) is 12.2 Å². The molecule has 6 nitrogen and oxygen atoms in total. The van der Waals surface area contributed by atoms with Crippen LogP contribution in [0, 0.1) is 18.3 Å². The van der Waals surface area contributed by atoms with Crippen molar-refractivity contribution in [2.24, 2.45) is 7.05 Å². The summed E-state index contributed by atoms with van der Waals surface area (Å²) in [4.78, 5) is 11.4. The fourth-order valence-corrected chi connectivity index (χ4v) is 1.49. The highest BCUT2D eigenvalue weighted by Crippen LogP contribution is 2.16. The highest BCUT2D eigenvalue weighted by Gasteiger charge is 2.13. The van der Waals surface area contributed by atoms with Crippen LogP contribution in [0.5, 0.6) is 0 Å². The van der Waals surface area contributed by atoms with Gasteiger partial charge in [-0.15, -0.1) is 0 Å². The van der Waals surface area contributed by atoms with Gasteiger partial charge in [0.25, 0.3) is 0 Å². The van der Waals surface area contributed by atoms with Crippen LogP contribution in [-0.4, -0.2) is 28.8 Å². The minimum absolute atomic E-state index is 0.0883. The normalized spacial score (nSPS) is 9.76. The van der Waals surface area contributed by atoms with E-state index in [0.29, 0.717) is 23.6 Å². The minimum atomic E-state index is -0.0883. The second-order valence-electron chi connectivity index (χ2n) is 3.75. The Morgan fingerprint density at radius 1 is 1.59 bits per heavy atom. The number of anilines is 1. The van der Waals surface area contributed by atoms with Crippen molar-refractivity contribution in [3.05, 3.63) is 11.3 Å². The van der Waals surface area contributed by atoms with Crippen molar-refractivity contribution in [2.45, 2.75) is 20.3 Å². The van der Waals surface area contributed by atoms with E-state index in [0.717, 1.165) is 6.42 Å². The molecule has 1 aromatic rings. The Morgan fingerprint density at radius 2 is 2.29 bits per heavy atom. The van der Waals surface area contributed by atoms with Crippen LogP contribution in [0.1, 0.15) is 24.6 Å². The first-order chi connectivity index (χ1) is 8.10. The summed E-state index contributed by atoms with van der Waals surface area (Å²) in [6.07, 6.45) is 0.903. The van der Waals surface area contributed by atoms with Gasteiger partial charge >= 0.3 is 0 Å². The summed E-state index contributed by atoms with van der Waals surface area (Å²) >= 11 is 0. The average molecular weight is 235 g/mol. The van der Waals surface area contributed by atoms with E-state index in [2.05, 4.69) is 21.8 Å². The first-order valence-corrected chi connectivity index (χ1v) is 5.54. The van der Waals surface area contributed by atoms with Gasteiger partial charge in [0, 0.05) is 13.6 Å². The number of aromatic nitrogens is 2. The van der Waals surface area contributed by atoms with Crippen LogP contribution in [-0.2, 0) is 11.8 Å². The zero-order chi connectivity index (χ0) is 12.8. The Balaban J connectivity index is 2.64. The van der Waals surface area contributed by atoms with Gasteiger partial charge in [-0.2, -0.15) is 10.4 Å². The minimum Gasteiger partial charge on any atom is -0.360 e. The van der Waals surface area contributed by atoms with Gasteiger partial charge in [0.15, 0.2) is 0 Å². The number of rotatable bonds is 5. The molecule has 0 bridgehead atoms. The topological polar surface area (TPSA) is 82.7 Å². The Morgan fingerprint density at radius 3 is 2.88 bits per heavy atom. The lowest BCUT2D eigenvalue weighted by Gasteiger charge is -2.07. The lowest BCUT2D eigenvalue weighted by atomic mass is 10.2. The van der Waals surface area contributed by atoms with E-state index in [4.69, 9.17) is 5.26 Å². The molecule has 0 aliphatic rings. The Kier molecular flexibility index (Phi) is 4.52. The van der Waals surface area contributed by atoms with Gasteiger partial charge in [-0.05, 0) is 13.3 Å². The number of nitriles is 1. The van der Waals surface area contributed by atoms with Crippen LogP contribution in [0.15, 0.2) is 0 Å². The van der Waals surface area contributed by atoms with E-state index in [1.807, 2.05) is 6.92 Å². The maximum Gasteiger partial charge on any atom is 0.239 e. The second-order valence-corrected chi connectivity index (χ2v) is 3.75. The quantitative estimate of drug-likeness (QED) is 0.780. The van der Waals surface area contributed by atoms with Crippen molar-refractivity contribution in [2.75, 3.05) is 18.4 Å². The highest BCUT2D eigenvalue weighted by atomic mass is 16.1. The molecular weight excluding hydrogens is 218 g/mol. The number of nitrogens with zero attached hydrogens (tertiary/aromatic N) is 3. The molecule has 1 amide bonds. The third-order valence-electron chi connectivity index (χ3n) is 2.32. The molecule has 2 N–H and O–H groups in total. The summed E-state index contributed by atoms with van der Waals surface area (Å²) in [5.74, 6) is 0.492. The molecular formula is C11H17N5O. The number of amides is 1. The summed E-state index contributed by atoms with van der Waals surface area (Å²) in [5, 5.41) is 18.8. The standard InChI is InChI=1S/C11H17N5O/c1-4-5-13-10(17)7-14-11-9(6-12)8(2)15-16(11)3/h14H,4-5,7H2,1-3H3,(H,13,17). The van der Waals surface area contributed by atoms with Crippen LogP contribution >= 0.6 is 0 Å². The Hall–Kier alpha value is -2.03. The van der Waals surface area contributed by atoms with Gasteiger partial charge in [-0.25, -0.2) is 0 Å². The molecule has 0 unspecified atom stereocenters. The number of hydrogen-bond donors (Lipinski definition) is 2. The molecule has 0 aromatic carbocycles. The van der Waals surface area contributed by atoms with Gasteiger partial charge < -0.3 is 10.6 Å². The molecule has 1 heterocycles. The molecule has 1 aromatic heterocycles. The maximum absolute atomic E-state index is 11.4. The maximum atomic E-state index is 11.4. The fourth-order valence-electron chi connectivity index (χ4n) is 1.49. The van der Waals surface area contributed by atoms with Crippen molar-refractivity contribution in [3.8, 4) is 6.07 Å². The predicted molar refractivity (Wildman–Crippen MR) is 64.5 cm³/mol. The van der Waals surface area contributed by atoms with Crippen LogP contribution in [0.4, 0.5) is 5.82 Å². The third-order valence-corrected chi connectivity index (χ3v) is 2.32. The summed E-state index contributed by atoms with van der Waals surface area (Å²) in [6.45, 7) is 4.57. The van der Waals surface area contributed by atoms with Gasteiger partial charge in [-0.3, -0.25) is 9.48 Å². The molecule has 0 radical (unpaired) electrons. The summed E-state index contributed by atoms with van der Waals surface area (Å²) in [7, 11) is 1.74. The molecule has 17 heavy (non-hydrogen) atoms. The van der Waals surface area contributed by atoms with E-state index >= 15 is 0 Å². The van der Waals surface area contributed by atoms with Crippen LogP contribution in [0.2, 0.25) is 0 Å². The smallest absolute Gasteiger partial charge is 0.239 e. The SMILES string of the molecule is CCCNC(=O)CNc1c(C#N)c(C)nn1C. The molecule has 0 saturated carbocycles. The van der Waals surface area contributed by atoms with E-state index in [-0.39, 0.29) is 12.5 Å². The first-order valence-electron chi connectivity index (χ1n) is 5.54. The number of carbonyl (C=O) groups excluding carboxylic acids is 1. The largest absolute Gasteiger partial charge is 0.360 e. The van der Waals surface area contributed by atoms with Crippen molar-refractivity contribution in [1.29, 1.82) is 5.26 Å². The zero-order valence-electron chi connectivity index (χ0n) is 10.4. The number of carbonyl (C=O) groups is 1. The third kappa shape index (κ3) is 3.21. The summed E-state index contributed by atoms with van der Waals surface area (Å²) in [5.41, 5.74) is 1.14. The average Bonchev–Trinajstić information content (AvgIpc) is 2.57. The highest BCUT2D eigenvalue weighted by molar-refractivity contribution is 5.80. The molecule has 0 aliphatic heterocycles. The van der Waals surface area contributed by atoms with E-state index < -0.39 is 0 Å². The van der Waals surface area contributed by atoms with Crippen LogP contribution in [0.3, 0.4) is 0 Å². The molecule has 92 valence electrons. The molecule has 0 aliphatic carbocycles. The first kappa shape index (κ1) is 13.0. The lowest BCUT2D eigenvalue weighted by Crippen LogP contribution is -2.30. The molecule has 0 spiro atoms. The lowest BCUT2D eigenvalue weighted by molar-refractivity contribution is -0.119. The summed E-state index contributed by atoms with van der Waals surface area (Å²) in [6, 6.07) is 2.07. The summed E-state index contributed by atoms with van der Waals surface area (Å²) < 4.78 is 1.57. The number of hydrogen-bond acceptors (Lipinski definition) is 4. The van der Waals surface area contributed by atoms with Crippen molar-refractivity contribution in [3.63, 3.8) is 0 Å². The van der Waals surface area contributed by atoms with Crippen molar-refractivity contribution < 1.29 is 4.79 Å². The van der Waals surface area contributed by atoms with Gasteiger partial charge in [0.2, 0.25) is 5.91 Å². The number of aryl methyl sites for hydroxylation is 2. The van der Waals surface area contributed by atoms with Gasteiger partial charge in [-0.1, -0.05) is 6.92 Å². The van der Waals surface area contributed by atoms with Crippen molar-refractivity contribution >= 4 is 11.7 Å². The second kappa shape index (κ2) is 5.89. The molecule has 0 atom stereocenters.